The summed E-state index contributed by atoms with van der Waals surface area (Å²) in [6.45, 7) is -1.41. The first kappa shape index (κ1) is 21.4. The Morgan fingerprint density at radius 3 is 2.80 bits per heavy atom. The molecule has 0 atom stereocenters. The molecule has 2 heterocycles. The molecule has 0 aliphatic rings. The van der Waals surface area contributed by atoms with Gasteiger partial charge in [-0.05, 0) is 17.7 Å². The number of benzene rings is 1. The molecule has 0 fully saturated rings. The van der Waals surface area contributed by atoms with Crippen molar-refractivity contribution >= 4 is 5.69 Å². The molecule has 2 aromatic heterocycles. The predicted octanol–water partition coefficient (Wildman–Crippen LogP) is 3.50. The van der Waals surface area contributed by atoms with E-state index in [4.69, 9.17) is 9.15 Å². The van der Waals surface area contributed by atoms with Crippen LogP contribution in [0.3, 0.4) is 0 Å². The third-order valence-electron chi connectivity index (χ3n) is 3.91. The molecule has 30 heavy (non-hydrogen) atoms. The van der Waals surface area contributed by atoms with Crippen LogP contribution in [0.5, 0.6) is 0 Å². The molecule has 0 N–H and O–H groups in total. The maximum absolute atomic E-state index is 12.9. The number of alkyl halides is 4. The van der Waals surface area contributed by atoms with Crippen LogP contribution in [-0.2, 0) is 24.3 Å². The lowest BCUT2D eigenvalue weighted by Crippen LogP contribution is -2.32. The largest absolute Gasteiger partial charge is 0.421 e. The molecule has 13 heteroatoms. The Balaban J connectivity index is 1.58. The maximum atomic E-state index is 12.9. The summed E-state index contributed by atoms with van der Waals surface area (Å²) >= 11 is 0. The van der Waals surface area contributed by atoms with E-state index in [1.807, 2.05) is 0 Å². The van der Waals surface area contributed by atoms with Crippen LogP contribution < -0.4 is 0 Å². The molecular formula is C17H15F4N5O4. The number of hydrogen-bond donors (Lipinski definition) is 0. The first-order valence-electron chi connectivity index (χ1n) is 8.57. The predicted molar refractivity (Wildman–Crippen MR) is 92.9 cm³/mol. The average molecular weight is 429 g/mol. The van der Waals surface area contributed by atoms with E-state index in [2.05, 4.69) is 15.3 Å². The maximum Gasteiger partial charge on any atom is 0.330 e. The van der Waals surface area contributed by atoms with Crippen molar-refractivity contribution in [3.05, 3.63) is 58.2 Å². The van der Waals surface area contributed by atoms with Gasteiger partial charge in [0.1, 0.15) is 19.0 Å². The highest BCUT2D eigenvalue weighted by molar-refractivity contribution is 5.53. The minimum Gasteiger partial charge on any atom is -0.421 e. The van der Waals surface area contributed by atoms with Gasteiger partial charge in [-0.3, -0.25) is 14.8 Å². The molecule has 1 aromatic carbocycles. The van der Waals surface area contributed by atoms with Crippen molar-refractivity contribution in [2.24, 2.45) is 0 Å². The Labute approximate surface area is 166 Å². The molecule has 0 bridgehead atoms. The molecule has 0 aliphatic carbocycles. The number of nitro groups is 1. The van der Waals surface area contributed by atoms with Gasteiger partial charge < -0.3 is 9.15 Å². The van der Waals surface area contributed by atoms with E-state index in [0.717, 1.165) is 6.20 Å². The Morgan fingerprint density at radius 1 is 1.30 bits per heavy atom. The Morgan fingerprint density at radius 2 is 2.10 bits per heavy atom. The Kier molecular flexibility index (Phi) is 6.40. The summed E-state index contributed by atoms with van der Waals surface area (Å²) in [6, 6.07) is 6.37. The number of rotatable bonds is 10. The molecular weight excluding hydrogens is 414 g/mol. The van der Waals surface area contributed by atoms with Gasteiger partial charge in [-0.15, -0.1) is 10.2 Å². The van der Waals surface area contributed by atoms with Gasteiger partial charge in [0.2, 0.25) is 11.8 Å². The van der Waals surface area contributed by atoms with Crippen LogP contribution >= 0.6 is 0 Å². The van der Waals surface area contributed by atoms with Crippen molar-refractivity contribution in [2.45, 2.75) is 31.9 Å². The monoisotopic (exact) mass is 429 g/mol. The lowest BCUT2D eigenvalue weighted by atomic mass is 10.1. The summed E-state index contributed by atoms with van der Waals surface area (Å²) in [5.41, 5.74) is 0.818. The summed E-state index contributed by atoms with van der Waals surface area (Å²) in [7, 11) is 0. The fraction of sp³-hybridized carbons (Fsp3) is 0.353. The van der Waals surface area contributed by atoms with Crippen LogP contribution in [-0.4, -0.2) is 43.9 Å². The molecule has 0 saturated carbocycles. The summed E-state index contributed by atoms with van der Waals surface area (Å²) < 4.78 is 61.6. The minimum atomic E-state index is -4.21. The van der Waals surface area contributed by atoms with Gasteiger partial charge in [0.05, 0.1) is 11.5 Å². The van der Waals surface area contributed by atoms with Crippen LogP contribution in [0.25, 0.3) is 11.5 Å². The molecule has 0 saturated heterocycles. The van der Waals surface area contributed by atoms with Gasteiger partial charge in [0, 0.05) is 18.5 Å². The van der Waals surface area contributed by atoms with Gasteiger partial charge >= 0.3 is 18.0 Å². The number of hydrogen-bond acceptors (Lipinski definition) is 7. The van der Waals surface area contributed by atoms with Crippen molar-refractivity contribution in [1.82, 2.24) is 20.0 Å². The molecule has 0 unspecified atom stereocenters. The molecule has 3 rings (SSSR count). The van der Waals surface area contributed by atoms with Gasteiger partial charge in [-0.2, -0.15) is 13.9 Å². The zero-order valence-corrected chi connectivity index (χ0v) is 15.3. The zero-order chi connectivity index (χ0) is 21.7. The number of halogens is 4. The SMILES string of the molecule is O=[N+]([O-])c1cnn(CCc2nnc(-c3cccc(COCC(F)(F)C(F)F)c3)o2)c1. The Bertz CT molecular complexity index is 1010. The quantitative estimate of drug-likeness (QED) is 0.276. The standard InChI is InChI=1S/C17H15F4N5O4/c18-16(19)17(20,21)10-29-9-11-2-1-3-12(6-11)15-24-23-14(30-15)4-5-25-8-13(7-22-25)26(27)28/h1-3,6-8,16H,4-5,9-10H2. The van der Waals surface area contributed by atoms with E-state index in [-0.39, 0.29) is 37.0 Å². The van der Waals surface area contributed by atoms with Crippen molar-refractivity contribution in [1.29, 1.82) is 0 Å². The van der Waals surface area contributed by atoms with Gasteiger partial charge in [-0.1, -0.05) is 12.1 Å². The van der Waals surface area contributed by atoms with Gasteiger partial charge in [0.15, 0.2) is 0 Å². The molecule has 3 aromatic rings. The van der Waals surface area contributed by atoms with Crippen LogP contribution in [0, 0.1) is 10.1 Å². The van der Waals surface area contributed by atoms with Gasteiger partial charge in [-0.25, -0.2) is 8.78 Å². The van der Waals surface area contributed by atoms with Crippen LogP contribution in [0.1, 0.15) is 11.5 Å². The molecule has 0 aliphatic heterocycles. The fourth-order valence-corrected chi connectivity index (χ4v) is 2.41. The molecule has 160 valence electrons. The number of aromatic nitrogens is 4. The fourth-order valence-electron chi connectivity index (χ4n) is 2.41. The van der Waals surface area contributed by atoms with Crippen molar-refractivity contribution in [3.63, 3.8) is 0 Å². The number of aryl methyl sites for hydroxylation is 2. The molecule has 0 spiro atoms. The highest BCUT2D eigenvalue weighted by atomic mass is 19.3. The molecule has 9 nitrogen and oxygen atoms in total. The van der Waals surface area contributed by atoms with Gasteiger partial charge in [0.25, 0.3) is 0 Å². The molecule has 0 radical (unpaired) electrons. The molecule has 0 amide bonds. The average Bonchev–Trinajstić information content (AvgIpc) is 3.36. The Hall–Kier alpha value is -3.35. The third-order valence-corrected chi connectivity index (χ3v) is 3.91. The number of ether oxygens (including phenoxy) is 1. The topological polar surface area (TPSA) is 109 Å². The normalized spacial score (nSPS) is 11.9. The van der Waals surface area contributed by atoms with Crippen molar-refractivity contribution < 1.29 is 31.6 Å². The second-order valence-electron chi connectivity index (χ2n) is 6.22. The first-order chi connectivity index (χ1) is 14.2. The van der Waals surface area contributed by atoms with Crippen LogP contribution in [0.15, 0.2) is 41.1 Å². The first-order valence-corrected chi connectivity index (χ1v) is 8.57. The summed E-state index contributed by atoms with van der Waals surface area (Å²) in [5.74, 6) is -3.79. The highest BCUT2D eigenvalue weighted by Crippen LogP contribution is 2.24. The van der Waals surface area contributed by atoms with Crippen molar-refractivity contribution in [3.8, 4) is 11.5 Å². The summed E-state index contributed by atoms with van der Waals surface area (Å²) in [4.78, 5) is 10.1. The zero-order valence-electron chi connectivity index (χ0n) is 15.3. The van der Waals surface area contributed by atoms with Crippen LogP contribution in [0.2, 0.25) is 0 Å². The second kappa shape index (κ2) is 8.98. The van der Waals surface area contributed by atoms with Crippen LogP contribution in [0.4, 0.5) is 23.2 Å². The second-order valence-corrected chi connectivity index (χ2v) is 6.22. The summed E-state index contributed by atoms with van der Waals surface area (Å²) in [6.07, 6.45) is -1.12. The van der Waals surface area contributed by atoms with E-state index in [1.165, 1.54) is 10.9 Å². The van der Waals surface area contributed by atoms with Crippen molar-refractivity contribution in [2.75, 3.05) is 6.61 Å². The lowest BCUT2D eigenvalue weighted by Gasteiger charge is -2.15. The number of nitrogens with zero attached hydrogens (tertiary/aromatic N) is 5. The highest BCUT2D eigenvalue weighted by Gasteiger charge is 2.40. The minimum absolute atomic E-state index is 0.133. The third kappa shape index (κ3) is 5.37. The van der Waals surface area contributed by atoms with E-state index < -0.39 is 23.9 Å². The van der Waals surface area contributed by atoms with E-state index in [1.54, 1.807) is 24.3 Å². The van der Waals surface area contributed by atoms with E-state index in [9.17, 15) is 27.7 Å². The lowest BCUT2D eigenvalue weighted by molar-refractivity contribution is -0.385. The van der Waals surface area contributed by atoms with E-state index >= 15 is 0 Å². The summed E-state index contributed by atoms with van der Waals surface area (Å²) in [5, 5.41) is 22.3. The smallest absolute Gasteiger partial charge is 0.330 e. The van der Waals surface area contributed by atoms with E-state index in [0.29, 0.717) is 11.1 Å².